The fourth-order valence-electron chi connectivity index (χ4n) is 3.49. The molecule has 0 aliphatic heterocycles. The van der Waals surface area contributed by atoms with Gasteiger partial charge in [0.2, 0.25) is 5.88 Å². The number of rotatable bonds is 10. The minimum absolute atomic E-state index is 0.399. The SMILES string of the molecule is CCCN(Cc1c(C)nn(-c2ccccc2)c1Oc1cccc(OC)c1)C[C@@H](C)O. The highest BCUT2D eigenvalue weighted by atomic mass is 16.5. The first kappa shape index (κ1) is 21.9. The smallest absolute Gasteiger partial charge is 0.227 e. The number of aliphatic hydroxyl groups is 1. The average Bonchev–Trinajstić information content (AvgIpc) is 3.04. The van der Waals surface area contributed by atoms with Crippen molar-refractivity contribution >= 4 is 0 Å². The molecule has 30 heavy (non-hydrogen) atoms. The molecule has 0 saturated heterocycles. The largest absolute Gasteiger partial charge is 0.497 e. The van der Waals surface area contributed by atoms with Crippen LogP contribution < -0.4 is 9.47 Å². The summed E-state index contributed by atoms with van der Waals surface area (Å²) in [5.41, 5.74) is 2.85. The number of hydrogen-bond donors (Lipinski definition) is 1. The number of aliphatic hydroxyl groups excluding tert-OH is 1. The van der Waals surface area contributed by atoms with Crippen molar-refractivity contribution in [1.82, 2.24) is 14.7 Å². The molecule has 1 heterocycles. The summed E-state index contributed by atoms with van der Waals surface area (Å²) in [6.45, 7) is 8.10. The van der Waals surface area contributed by atoms with Gasteiger partial charge in [-0.05, 0) is 51.1 Å². The Balaban J connectivity index is 2.03. The van der Waals surface area contributed by atoms with Crippen LogP contribution in [0, 0.1) is 6.92 Å². The van der Waals surface area contributed by atoms with Gasteiger partial charge in [0.25, 0.3) is 0 Å². The third-order valence-corrected chi connectivity index (χ3v) is 4.84. The molecule has 0 bridgehead atoms. The minimum Gasteiger partial charge on any atom is -0.497 e. The zero-order chi connectivity index (χ0) is 21.5. The predicted octanol–water partition coefficient (Wildman–Crippen LogP) is 4.57. The molecule has 0 unspecified atom stereocenters. The van der Waals surface area contributed by atoms with Crippen molar-refractivity contribution in [2.45, 2.75) is 39.8 Å². The highest BCUT2D eigenvalue weighted by Gasteiger charge is 2.22. The van der Waals surface area contributed by atoms with Crippen molar-refractivity contribution in [2.75, 3.05) is 20.2 Å². The Hall–Kier alpha value is -2.83. The summed E-state index contributed by atoms with van der Waals surface area (Å²) in [6.07, 6.45) is 0.605. The summed E-state index contributed by atoms with van der Waals surface area (Å²) in [5, 5.41) is 14.7. The molecule has 1 aromatic heterocycles. The summed E-state index contributed by atoms with van der Waals surface area (Å²) >= 11 is 0. The Kier molecular flexibility index (Phi) is 7.49. The fourth-order valence-corrected chi connectivity index (χ4v) is 3.49. The molecule has 0 amide bonds. The lowest BCUT2D eigenvalue weighted by atomic mass is 10.2. The highest BCUT2D eigenvalue weighted by molar-refractivity contribution is 5.44. The van der Waals surface area contributed by atoms with Crippen LogP contribution in [0.4, 0.5) is 0 Å². The number of aromatic nitrogens is 2. The van der Waals surface area contributed by atoms with Crippen LogP contribution in [0.2, 0.25) is 0 Å². The molecule has 0 saturated carbocycles. The van der Waals surface area contributed by atoms with E-state index in [-0.39, 0.29) is 0 Å². The third kappa shape index (κ3) is 5.40. The molecule has 0 spiro atoms. The van der Waals surface area contributed by atoms with E-state index in [1.807, 2.05) is 73.1 Å². The fraction of sp³-hybridized carbons (Fsp3) is 0.375. The standard InChI is InChI=1S/C24H31N3O3/c1-5-14-26(16-18(2)28)17-23-19(3)25-27(20-10-7-6-8-11-20)24(23)30-22-13-9-12-21(15-22)29-4/h6-13,15,18,28H,5,14,16-17H2,1-4H3/t18-/m1/s1. The summed E-state index contributed by atoms with van der Waals surface area (Å²) in [7, 11) is 1.64. The first-order valence-corrected chi connectivity index (χ1v) is 10.4. The summed E-state index contributed by atoms with van der Waals surface area (Å²) in [4.78, 5) is 2.24. The molecule has 3 rings (SSSR count). The number of nitrogens with zero attached hydrogens (tertiary/aromatic N) is 3. The van der Waals surface area contributed by atoms with Crippen LogP contribution in [-0.2, 0) is 6.54 Å². The van der Waals surface area contributed by atoms with Crippen LogP contribution in [-0.4, -0.2) is 46.1 Å². The molecule has 3 aromatic rings. The lowest BCUT2D eigenvalue weighted by molar-refractivity contribution is 0.122. The molecule has 6 heteroatoms. The first-order valence-electron chi connectivity index (χ1n) is 10.4. The van der Waals surface area contributed by atoms with E-state index in [2.05, 4.69) is 11.8 Å². The molecule has 0 aliphatic carbocycles. The van der Waals surface area contributed by atoms with Crippen molar-refractivity contribution in [3.05, 3.63) is 65.9 Å². The second-order valence-electron chi connectivity index (χ2n) is 7.48. The van der Waals surface area contributed by atoms with Crippen LogP contribution in [0.15, 0.2) is 54.6 Å². The maximum atomic E-state index is 9.93. The van der Waals surface area contributed by atoms with E-state index < -0.39 is 6.10 Å². The van der Waals surface area contributed by atoms with Gasteiger partial charge < -0.3 is 14.6 Å². The van der Waals surface area contributed by atoms with E-state index in [0.717, 1.165) is 35.7 Å². The Morgan fingerprint density at radius 3 is 2.50 bits per heavy atom. The number of aryl methyl sites for hydroxylation is 1. The van der Waals surface area contributed by atoms with Gasteiger partial charge in [0.05, 0.1) is 30.2 Å². The average molecular weight is 410 g/mol. The molecule has 0 aliphatic rings. The van der Waals surface area contributed by atoms with Gasteiger partial charge >= 0.3 is 0 Å². The summed E-state index contributed by atoms with van der Waals surface area (Å²) in [6, 6.07) is 17.5. The molecular weight excluding hydrogens is 378 g/mol. The van der Waals surface area contributed by atoms with Crippen LogP contribution in [0.3, 0.4) is 0 Å². The zero-order valence-corrected chi connectivity index (χ0v) is 18.2. The monoisotopic (exact) mass is 409 g/mol. The van der Waals surface area contributed by atoms with Crippen LogP contribution >= 0.6 is 0 Å². The van der Waals surface area contributed by atoms with E-state index in [0.29, 0.717) is 24.7 Å². The van der Waals surface area contributed by atoms with Crippen molar-refractivity contribution in [3.8, 4) is 23.1 Å². The number of para-hydroxylation sites is 1. The van der Waals surface area contributed by atoms with Gasteiger partial charge in [0.1, 0.15) is 11.5 Å². The van der Waals surface area contributed by atoms with Crippen molar-refractivity contribution < 1.29 is 14.6 Å². The van der Waals surface area contributed by atoms with E-state index in [1.165, 1.54) is 0 Å². The third-order valence-electron chi connectivity index (χ3n) is 4.84. The Bertz CT molecular complexity index is 938. The van der Waals surface area contributed by atoms with Crippen molar-refractivity contribution in [1.29, 1.82) is 0 Å². The van der Waals surface area contributed by atoms with E-state index in [4.69, 9.17) is 14.6 Å². The highest BCUT2D eigenvalue weighted by Crippen LogP contribution is 2.33. The molecule has 0 fully saturated rings. The molecular formula is C24H31N3O3. The zero-order valence-electron chi connectivity index (χ0n) is 18.2. The van der Waals surface area contributed by atoms with Gasteiger partial charge in [-0.25, -0.2) is 4.68 Å². The molecule has 6 nitrogen and oxygen atoms in total. The summed E-state index contributed by atoms with van der Waals surface area (Å²) < 4.78 is 13.6. The number of benzene rings is 2. The van der Waals surface area contributed by atoms with Gasteiger partial charge in [0, 0.05) is 19.2 Å². The van der Waals surface area contributed by atoms with E-state index in [9.17, 15) is 5.11 Å². The molecule has 1 N–H and O–H groups in total. The van der Waals surface area contributed by atoms with Crippen LogP contribution in [0.5, 0.6) is 17.4 Å². The van der Waals surface area contributed by atoms with Crippen molar-refractivity contribution in [3.63, 3.8) is 0 Å². The van der Waals surface area contributed by atoms with Gasteiger partial charge in [-0.3, -0.25) is 4.90 Å². The number of hydrogen-bond acceptors (Lipinski definition) is 5. The van der Waals surface area contributed by atoms with Gasteiger partial charge in [-0.15, -0.1) is 0 Å². The van der Waals surface area contributed by atoms with Gasteiger partial charge in [-0.1, -0.05) is 31.2 Å². The molecule has 160 valence electrons. The Morgan fingerprint density at radius 1 is 1.10 bits per heavy atom. The topological polar surface area (TPSA) is 59.8 Å². The van der Waals surface area contributed by atoms with Crippen LogP contribution in [0.1, 0.15) is 31.5 Å². The van der Waals surface area contributed by atoms with Gasteiger partial charge in [0.15, 0.2) is 0 Å². The molecule has 2 aromatic carbocycles. The lowest BCUT2D eigenvalue weighted by Crippen LogP contribution is -2.31. The molecule has 1 atom stereocenters. The maximum absolute atomic E-state index is 9.93. The lowest BCUT2D eigenvalue weighted by Gasteiger charge is -2.23. The number of ether oxygens (including phenoxy) is 2. The molecule has 0 radical (unpaired) electrons. The minimum atomic E-state index is -0.399. The quantitative estimate of drug-likeness (QED) is 0.531. The number of methoxy groups -OCH3 is 1. The van der Waals surface area contributed by atoms with Crippen LogP contribution in [0.25, 0.3) is 5.69 Å². The van der Waals surface area contributed by atoms with E-state index in [1.54, 1.807) is 7.11 Å². The maximum Gasteiger partial charge on any atom is 0.227 e. The summed E-state index contributed by atoms with van der Waals surface area (Å²) in [5.74, 6) is 2.10. The first-order chi connectivity index (χ1) is 14.5. The normalized spacial score (nSPS) is 12.2. The van der Waals surface area contributed by atoms with E-state index >= 15 is 0 Å². The van der Waals surface area contributed by atoms with Gasteiger partial charge in [-0.2, -0.15) is 5.10 Å². The second kappa shape index (κ2) is 10.3. The Labute approximate surface area is 178 Å². The van der Waals surface area contributed by atoms with Crippen molar-refractivity contribution in [2.24, 2.45) is 0 Å². The predicted molar refractivity (Wildman–Crippen MR) is 119 cm³/mol. The second-order valence-corrected chi connectivity index (χ2v) is 7.48. The Morgan fingerprint density at radius 2 is 1.83 bits per heavy atom.